The van der Waals surface area contributed by atoms with Crippen LogP contribution in [0.2, 0.25) is 5.02 Å². The molecule has 2 N–H and O–H groups in total. The standard InChI is InChI=1S/C16H13ClF2N2O2/c1-9-7-10(17)5-6-13(9)20-14(22)8-15(23)21-16-11(18)3-2-4-12(16)19/h2-7H,8H2,1H3,(H,20,22)(H,21,23). The highest BCUT2D eigenvalue weighted by atomic mass is 35.5. The second-order valence-corrected chi connectivity index (χ2v) is 5.27. The zero-order valence-electron chi connectivity index (χ0n) is 12.1. The topological polar surface area (TPSA) is 58.2 Å². The third-order valence-electron chi connectivity index (χ3n) is 3.01. The van der Waals surface area contributed by atoms with Gasteiger partial charge in [-0.15, -0.1) is 0 Å². The van der Waals surface area contributed by atoms with Gasteiger partial charge in [-0.3, -0.25) is 9.59 Å². The van der Waals surface area contributed by atoms with E-state index in [9.17, 15) is 18.4 Å². The molecular formula is C16H13ClF2N2O2. The van der Waals surface area contributed by atoms with Crippen molar-refractivity contribution in [1.82, 2.24) is 0 Å². The molecule has 23 heavy (non-hydrogen) atoms. The van der Waals surface area contributed by atoms with Crippen LogP contribution in [0.3, 0.4) is 0 Å². The van der Waals surface area contributed by atoms with Gasteiger partial charge < -0.3 is 10.6 Å². The SMILES string of the molecule is Cc1cc(Cl)ccc1NC(=O)CC(=O)Nc1c(F)cccc1F. The maximum atomic E-state index is 13.4. The van der Waals surface area contributed by atoms with Crippen LogP contribution in [-0.4, -0.2) is 11.8 Å². The van der Waals surface area contributed by atoms with Gasteiger partial charge in [-0.05, 0) is 42.8 Å². The molecule has 0 fully saturated rings. The fraction of sp³-hybridized carbons (Fsp3) is 0.125. The highest BCUT2D eigenvalue weighted by Crippen LogP contribution is 2.20. The molecule has 0 aliphatic rings. The van der Waals surface area contributed by atoms with Crippen LogP contribution in [0.25, 0.3) is 0 Å². The third-order valence-corrected chi connectivity index (χ3v) is 3.25. The minimum atomic E-state index is -0.910. The van der Waals surface area contributed by atoms with Gasteiger partial charge in [-0.1, -0.05) is 17.7 Å². The van der Waals surface area contributed by atoms with Crippen LogP contribution < -0.4 is 10.6 Å². The number of para-hydroxylation sites is 1. The quantitative estimate of drug-likeness (QED) is 0.831. The average Bonchev–Trinajstić information content (AvgIpc) is 2.46. The van der Waals surface area contributed by atoms with Gasteiger partial charge in [0.05, 0.1) is 0 Å². The summed E-state index contributed by atoms with van der Waals surface area (Å²) in [7, 11) is 0. The van der Waals surface area contributed by atoms with Gasteiger partial charge in [-0.2, -0.15) is 0 Å². The van der Waals surface area contributed by atoms with Crippen LogP contribution in [0.1, 0.15) is 12.0 Å². The van der Waals surface area contributed by atoms with Crippen molar-refractivity contribution < 1.29 is 18.4 Å². The Hall–Kier alpha value is -2.47. The van der Waals surface area contributed by atoms with Crippen LogP contribution in [0.4, 0.5) is 20.2 Å². The summed E-state index contributed by atoms with van der Waals surface area (Å²) in [6, 6.07) is 8.05. The summed E-state index contributed by atoms with van der Waals surface area (Å²) >= 11 is 5.81. The van der Waals surface area contributed by atoms with Crippen LogP contribution in [-0.2, 0) is 9.59 Å². The maximum Gasteiger partial charge on any atom is 0.233 e. The van der Waals surface area contributed by atoms with Gasteiger partial charge in [-0.25, -0.2) is 8.78 Å². The molecule has 120 valence electrons. The molecule has 0 aliphatic heterocycles. The molecule has 0 unspecified atom stereocenters. The number of hydrogen-bond donors (Lipinski definition) is 2. The Kier molecular flexibility index (Phi) is 5.28. The van der Waals surface area contributed by atoms with E-state index in [4.69, 9.17) is 11.6 Å². The van der Waals surface area contributed by atoms with Crippen molar-refractivity contribution in [1.29, 1.82) is 0 Å². The minimum Gasteiger partial charge on any atom is -0.325 e. The Morgan fingerprint density at radius 3 is 2.26 bits per heavy atom. The van der Waals surface area contributed by atoms with E-state index in [1.165, 1.54) is 6.07 Å². The Bertz CT molecular complexity index is 745. The number of rotatable bonds is 4. The first kappa shape index (κ1) is 16.9. The van der Waals surface area contributed by atoms with E-state index in [1.807, 2.05) is 5.32 Å². The molecule has 2 amide bonds. The lowest BCUT2D eigenvalue weighted by molar-refractivity contribution is -0.123. The molecule has 0 heterocycles. The van der Waals surface area contributed by atoms with Crippen LogP contribution in [0, 0.1) is 18.6 Å². The highest BCUT2D eigenvalue weighted by molar-refractivity contribution is 6.30. The highest BCUT2D eigenvalue weighted by Gasteiger charge is 2.15. The van der Waals surface area contributed by atoms with Crippen molar-refractivity contribution in [3.63, 3.8) is 0 Å². The van der Waals surface area contributed by atoms with Crippen LogP contribution >= 0.6 is 11.6 Å². The molecule has 7 heteroatoms. The summed E-state index contributed by atoms with van der Waals surface area (Å²) in [4.78, 5) is 23.6. The number of carbonyl (C=O) groups is 2. The van der Waals surface area contributed by atoms with Crippen molar-refractivity contribution in [2.24, 2.45) is 0 Å². The fourth-order valence-corrected chi connectivity index (χ4v) is 2.14. The third kappa shape index (κ3) is 4.50. The minimum absolute atomic E-state index is 0.504. The summed E-state index contributed by atoms with van der Waals surface area (Å²) in [6.07, 6.45) is -0.574. The van der Waals surface area contributed by atoms with Crippen molar-refractivity contribution in [3.8, 4) is 0 Å². The van der Waals surface area contributed by atoms with E-state index < -0.39 is 35.6 Å². The van der Waals surface area contributed by atoms with E-state index in [2.05, 4.69) is 5.32 Å². The molecule has 0 radical (unpaired) electrons. The number of carbonyl (C=O) groups excluding carboxylic acids is 2. The van der Waals surface area contributed by atoms with Crippen molar-refractivity contribution >= 4 is 34.8 Å². The Morgan fingerprint density at radius 1 is 1.04 bits per heavy atom. The predicted molar refractivity (Wildman–Crippen MR) is 84.4 cm³/mol. The number of anilines is 2. The largest absolute Gasteiger partial charge is 0.325 e. The van der Waals surface area contributed by atoms with Gasteiger partial charge in [0, 0.05) is 10.7 Å². The summed E-state index contributed by atoms with van der Waals surface area (Å²) < 4.78 is 26.8. The lowest BCUT2D eigenvalue weighted by Gasteiger charge is -2.10. The van der Waals surface area contributed by atoms with Crippen LogP contribution in [0.15, 0.2) is 36.4 Å². The molecule has 0 saturated carbocycles. The Balaban J connectivity index is 1.99. The Morgan fingerprint density at radius 2 is 1.65 bits per heavy atom. The monoisotopic (exact) mass is 338 g/mol. The van der Waals surface area contributed by atoms with E-state index >= 15 is 0 Å². The van der Waals surface area contributed by atoms with Crippen LogP contribution in [0.5, 0.6) is 0 Å². The molecule has 0 spiro atoms. The first-order valence-electron chi connectivity index (χ1n) is 6.66. The van der Waals surface area contributed by atoms with Gasteiger partial charge in [0.2, 0.25) is 11.8 Å². The van der Waals surface area contributed by atoms with E-state index in [-0.39, 0.29) is 0 Å². The van der Waals surface area contributed by atoms with Crippen molar-refractivity contribution in [3.05, 3.63) is 58.6 Å². The number of nitrogens with one attached hydrogen (secondary N) is 2. The molecule has 2 aromatic rings. The fourth-order valence-electron chi connectivity index (χ4n) is 1.91. The molecule has 0 atom stereocenters. The predicted octanol–water partition coefficient (Wildman–Crippen LogP) is 3.89. The molecule has 2 rings (SSSR count). The number of hydrogen-bond acceptors (Lipinski definition) is 2. The van der Waals surface area contributed by atoms with Gasteiger partial charge in [0.25, 0.3) is 0 Å². The van der Waals surface area contributed by atoms with Gasteiger partial charge >= 0.3 is 0 Å². The summed E-state index contributed by atoms with van der Waals surface area (Å²) in [5.74, 6) is -3.25. The zero-order chi connectivity index (χ0) is 17.0. The number of halogens is 3. The van der Waals surface area contributed by atoms with Gasteiger partial charge in [0.15, 0.2) is 0 Å². The van der Waals surface area contributed by atoms with Crippen molar-refractivity contribution in [2.75, 3.05) is 10.6 Å². The van der Waals surface area contributed by atoms with E-state index in [0.717, 1.165) is 17.7 Å². The first-order valence-corrected chi connectivity index (χ1v) is 7.04. The number of amides is 2. The van der Waals surface area contributed by atoms with E-state index in [1.54, 1.807) is 25.1 Å². The molecule has 0 saturated heterocycles. The summed E-state index contributed by atoms with van der Waals surface area (Å²) in [6.45, 7) is 1.75. The molecule has 0 bridgehead atoms. The average molecular weight is 339 g/mol. The number of aryl methyl sites for hydroxylation is 1. The second-order valence-electron chi connectivity index (χ2n) is 4.83. The van der Waals surface area contributed by atoms with E-state index in [0.29, 0.717) is 10.7 Å². The molecular weight excluding hydrogens is 326 g/mol. The first-order chi connectivity index (χ1) is 10.9. The summed E-state index contributed by atoms with van der Waals surface area (Å²) in [5, 5.41) is 5.11. The molecule has 4 nitrogen and oxygen atoms in total. The lowest BCUT2D eigenvalue weighted by Crippen LogP contribution is -2.22. The molecule has 0 aromatic heterocycles. The van der Waals surface area contributed by atoms with Gasteiger partial charge in [0.1, 0.15) is 23.7 Å². The zero-order valence-corrected chi connectivity index (χ0v) is 12.9. The molecule has 2 aromatic carbocycles. The number of benzene rings is 2. The smallest absolute Gasteiger partial charge is 0.233 e. The molecule has 0 aliphatic carbocycles. The second kappa shape index (κ2) is 7.19. The lowest BCUT2D eigenvalue weighted by atomic mass is 10.2. The normalized spacial score (nSPS) is 10.3. The Labute approximate surface area is 136 Å². The summed E-state index contributed by atoms with van der Waals surface area (Å²) in [5.41, 5.74) is 0.656. The van der Waals surface area contributed by atoms with Crippen molar-refractivity contribution in [2.45, 2.75) is 13.3 Å². The maximum absolute atomic E-state index is 13.4.